The van der Waals surface area contributed by atoms with Gasteiger partial charge < -0.3 is 5.11 Å². The first kappa shape index (κ1) is 14.6. The van der Waals surface area contributed by atoms with Gasteiger partial charge in [-0.1, -0.05) is 30.3 Å². The van der Waals surface area contributed by atoms with Crippen LogP contribution in [0.4, 0.5) is 4.39 Å². The van der Waals surface area contributed by atoms with Gasteiger partial charge >= 0.3 is 5.97 Å². The summed E-state index contributed by atoms with van der Waals surface area (Å²) in [5.41, 5.74) is 1.87. The van der Waals surface area contributed by atoms with Gasteiger partial charge in [-0.3, -0.25) is 4.79 Å². The Balaban J connectivity index is 1.99. The van der Waals surface area contributed by atoms with Crippen LogP contribution in [-0.4, -0.2) is 11.1 Å². The molecule has 104 valence electrons. The third-order valence-corrected chi connectivity index (χ3v) is 4.12. The minimum absolute atomic E-state index is 0.236. The lowest BCUT2D eigenvalue weighted by Gasteiger charge is -2.08. The molecule has 0 aliphatic heterocycles. The van der Waals surface area contributed by atoms with Gasteiger partial charge in [0.2, 0.25) is 0 Å². The van der Waals surface area contributed by atoms with Gasteiger partial charge in [-0.15, -0.1) is 11.8 Å². The zero-order valence-corrected chi connectivity index (χ0v) is 11.9. The minimum atomic E-state index is -0.827. The molecule has 2 nitrogen and oxygen atoms in total. The summed E-state index contributed by atoms with van der Waals surface area (Å²) >= 11 is 1.55. The van der Waals surface area contributed by atoms with Crippen molar-refractivity contribution in [3.05, 3.63) is 65.5 Å². The first-order valence-corrected chi connectivity index (χ1v) is 7.25. The second-order valence-electron chi connectivity index (χ2n) is 4.55. The van der Waals surface area contributed by atoms with Crippen molar-refractivity contribution in [2.24, 2.45) is 0 Å². The molecule has 2 rings (SSSR count). The summed E-state index contributed by atoms with van der Waals surface area (Å²) in [6, 6.07) is 14.0. The second kappa shape index (κ2) is 6.57. The number of carboxylic acid groups (broad SMARTS) is 1. The Bertz CT molecular complexity index is 596. The first-order chi connectivity index (χ1) is 9.56. The molecule has 0 saturated carbocycles. The van der Waals surface area contributed by atoms with E-state index in [2.05, 4.69) is 0 Å². The van der Waals surface area contributed by atoms with Crippen LogP contribution in [0.2, 0.25) is 0 Å². The molecule has 2 aromatic carbocycles. The number of hydrogen-bond acceptors (Lipinski definition) is 2. The average Bonchev–Trinajstić information content (AvgIpc) is 2.45. The number of carbonyl (C=O) groups is 1. The van der Waals surface area contributed by atoms with Crippen LogP contribution in [0, 0.1) is 5.82 Å². The van der Waals surface area contributed by atoms with E-state index in [1.54, 1.807) is 24.8 Å². The molecule has 1 atom stereocenters. The summed E-state index contributed by atoms with van der Waals surface area (Å²) in [7, 11) is 0. The fraction of sp³-hybridized carbons (Fsp3) is 0.188. The van der Waals surface area contributed by atoms with E-state index in [0.29, 0.717) is 0 Å². The van der Waals surface area contributed by atoms with E-state index in [1.165, 1.54) is 12.1 Å². The number of halogens is 1. The molecule has 0 amide bonds. The highest BCUT2D eigenvalue weighted by atomic mass is 32.2. The molecular formula is C16H15FO2S. The summed E-state index contributed by atoms with van der Waals surface area (Å²) in [5.74, 6) is -0.835. The lowest BCUT2D eigenvalue weighted by Crippen LogP contribution is -2.07. The van der Waals surface area contributed by atoms with Crippen LogP contribution >= 0.6 is 11.8 Å². The fourth-order valence-corrected chi connectivity index (χ4v) is 2.67. The van der Waals surface area contributed by atoms with Crippen LogP contribution in [0.3, 0.4) is 0 Å². The molecular weight excluding hydrogens is 275 g/mol. The Morgan fingerprint density at radius 2 is 1.95 bits per heavy atom. The van der Waals surface area contributed by atoms with Crippen LogP contribution < -0.4 is 0 Å². The maximum Gasteiger partial charge on any atom is 0.310 e. The molecule has 2 aromatic rings. The van der Waals surface area contributed by atoms with E-state index < -0.39 is 11.9 Å². The predicted molar refractivity (Wildman–Crippen MR) is 78.5 cm³/mol. The van der Waals surface area contributed by atoms with Gasteiger partial charge in [-0.25, -0.2) is 4.39 Å². The van der Waals surface area contributed by atoms with Gasteiger partial charge in [-0.05, 0) is 36.2 Å². The van der Waals surface area contributed by atoms with Gasteiger partial charge in [0, 0.05) is 10.6 Å². The zero-order valence-electron chi connectivity index (χ0n) is 11.0. The molecule has 0 fully saturated rings. The molecule has 1 unspecified atom stereocenters. The van der Waals surface area contributed by atoms with E-state index in [-0.39, 0.29) is 5.82 Å². The standard InChI is InChI=1S/C16H15FO2S/c1-11(16(18)19)13-7-5-12(6-8-13)10-20-15-4-2-3-14(17)9-15/h2-9,11H,10H2,1H3,(H,18,19). The lowest BCUT2D eigenvalue weighted by atomic mass is 10.0. The Hall–Kier alpha value is -1.81. The first-order valence-electron chi connectivity index (χ1n) is 6.26. The van der Waals surface area contributed by atoms with Gasteiger partial charge in [-0.2, -0.15) is 0 Å². The monoisotopic (exact) mass is 290 g/mol. The highest BCUT2D eigenvalue weighted by molar-refractivity contribution is 7.98. The third-order valence-electron chi connectivity index (χ3n) is 3.05. The van der Waals surface area contributed by atoms with E-state index in [1.807, 2.05) is 30.3 Å². The Kier molecular flexibility index (Phi) is 4.79. The Morgan fingerprint density at radius 1 is 1.25 bits per heavy atom. The molecule has 0 aliphatic rings. The Morgan fingerprint density at radius 3 is 2.55 bits per heavy atom. The van der Waals surface area contributed by atoms with E-state index in [0.717, 1.165) is 21.8 Å². The van der Waals surface area contributed by atoms with Crippen molar-refractivity contribution in [2.75, 3.05) is 0 Å². The molecule has 0 radical (unpaired) electrons. The fourth-order valence-electron chi connectivity index (χ4n) is 1.77. The Labute approximate surface area is 121 Å². The van der Waals surface area contributed by atoms with Crippen LogP contribution in [0.5, 0.6) is 0 Å². The summed E-state index contributed by atoms with van der Waals surface area (Å²) in [6.07, 6.45) is 0. The molecule has 0 aliphatic carbocycles. The molecule has 0 spiro atoms. The largest absolute Gasteiger partial charge is 0.481 e. The van der Waals surface area contributed by atoms with Gasteiger partial charge in [0.1, 0.15) is 5.82 Å². The molecule has 1 N–H and O–H groups in total. The number of carboxylic acids is 1. The SMILES string of the molecule is CC(C(=O)O)c1ccc(CSc2cccc(F)c2)cc1. The lowest BCUT2D eigenvalue weighted by molar-refractivity contribution is -0.138. The predicted octanol–water partition coefficient (Wildman–Crippen LogP) is 4.31. The highest BCUT2D eigenvalue weighted by Crippen LogP contribution is 2.24. The average molecular weight is 290 g/mol. The zero-order chi connectivity index (χ0) is 14.5. The number of hydrogen-bond donors (Lipinski definition) is 1. The number of aliphatic carboxylic acids is 1. The normalized spacial score (nSPS) is 12.1. The summed E-state index contributed by atoms with van der Waals surface area (Å²) in [4.78, 5) is 11.8. The number of benzene rings is 2. The second-order valence-corrected chi connectivity index (χ2v) is 5.60. The van der Waals surface area contributed by atoms with E-state index in [4.69, 9.17) is 5.11 Å². The topological polar surface area (TPSA) is 37.3 Å². The third kappa shape index (κ3) is 3.84. The molecule has 0 bridgehead atoms. The summed E-state index contributed by atoms with van der Waals surface area (Å²) < 4.78 is 13.0. The molecule has 4 heteroatoms. The van der Waals surface area contributed by atoms with Crippen molar-refractivity contribution in [1.29, 1.82) is 0 Å². The maximum atomic E-state index is 13.0. The van der Waals surface area contributed by atoms with Gasteiger partial charge in [0.15, 0.2) is 0 Å². The summed E-state index contributed by atoms with van der Waals surface area (Å²) in [5, 5.41) is 8.94. The van der Waals surface area contributed by atoms with E-state index >= 15 is 0 Å². The quantitative estimate of drug-likeness (QED) is 0.834. The van der Waals surface area contributed by atoms with Crippen molar-refractivity contribution in [1.82, 2.24) is 0 Å². The maximum absolute atomic E-state index is 13.0. The minimum Gasteiger partial charge on any atom is -0.481 e. The van der Waals surface area contributed by atoms with Gasteiger partial charge in [0.05, 0.1) is 5.92 Å². The van der Waals surface area contributed by atoms with Crippen LogP contribution in [-0.2, 0) is 10.5 Å². The van der Waals surface area contributed by atoms with Crippen molar-refractivity contribution >= 4 is 17.7 Å². The summed E-state index contributed by atoms with van der Waals surface area (Å²) in [6.45, 7) is 1.67. The van der Waals surface area contributed by atoms with Crippen molar-refractivity contribution < 1.29 is 14.3 Å². The van der Waals surface area contributed by atoms with Crippen molar-refractivity contribution in [3.63, 3.8) is 0 Å². The van der Waals surface area contributed by atoms with Crippen LogP contribution in [0.15, 0.2) is 53.4 Å². The highest BCUT2D eigenvalue weighted by Gasteiger charge is 2.12. The van der Waals surface area contributed by atoms with Crippen LogP contribution in [0.25, 0.3) is 0 Å². The van der Waals surface area contributed by atoms with Gasteiger partial charge in [0.25, 0.3) is 0 Å². The van der Waals surface area contributed by atoms with Crippen molar-refractivity contribution in [2.45, 2.75) is 23.5 Å². The van der Waals surface area contributed by atoms with Crippen LogP contribution in [0.1, 0.15) is 24.0 Å². The molecule has 0 saturated heterocycles. The van der Waals surface area contributed by atoms with E-state index in [9.17, 15) is 9.18 Å². The number of rotatable bonds is 5. The molecule has 20 heavy (non-hydrogen) atoms. The molecule has 0 aromatic heterocycles. The molecule has 0 heterocycles. The number of thioether (sulfide) groups is 1. The smallest absolute Gasteiger partial charge is 0.310 e. The van der Waals surface area contributed by atoms with Crippen molar-refractivity contribution in [3.8, 4) is 0 Å².